The van der Waals surface area contributed by atoms with Crippen molar-refractivity contribution in [2.45, 2.75) is 45.1 Å². The molecule has 0 bridgehead atoms. The van der Waals surface area contributed by atoms with Gasteiger partial charge in [0.1, 0.15) is 5.75 Å². The van der Waals surface area contributed by atoms with Gasteiger partial charge in [0.05, 0.1) is 12.3 Å². The van der Waals surface area contributed by atoms with Gasteiger partial charge in [0.15, 0.2) is 5.82 Å². The van der Waals surface area contributed by atoms with Gasteiger partial charge in [-0.05, 0) is 44.0 Å². The number of aromatic carboxylic acids is 1. The Morgan fingerprint density at radius 1 is 1.24 bits per heavy atom. The molecule has 1 aromatic carbocycles. The molecule has 0 aliphatic heterocycles. The lowest BCUT2D eigenvalue weighted by Crippen LogP contribution is -2.34. The van der Waals surface area contributed by atoms with Crippen molar-refractivity contribution in [3.8, 4) is 11.4 Å². The monoisotopic (exact) mass is 344 g/mol. The van der Waals surface area contributed by atoms with Gasteiger partial charge in [-0.25, -0.2) is 4.79 Å². The number of ether oxygens (including phenoxy) is 1. The highest BCUT2D eigenvalue weighted by atomic mass is 16.5. The van der Waals surface area contributed by atoms with Crippen LogP contribution >= 0.6 is 0 Å². The first-order valence-electron chi connectivity index (χ1n) is 8.77. The number of anilines is 1. The SMILES string of the molecule is CCOc1ccc(-n2nc(C(=O)O)c(N(C)C3CCCCC3)n2)cc1. The van der Waals surface area contributed by atoms with Crippen molar-refractivity contribution in [3.63, 3.8) is 0 Å². The third-order valence-electron chi connectivity index (χ3n) is 4.63. The van der Waals surface area contributed by atoms with Crippen LogP contribution < -0.4 is 9.64 Å². The van der Waals surface area contributed by atoms with Crippen molar-refractivity contribution in [2.75, 3.05) is 18.6 Å². The summed E-state index contributed by atoms with van der Waals surface area (Å²) in [6.07, 6.45) is 5.71. The maximum Gasteiger partial charge on any atom is 0.360 e. The normalized spacial score (nSPS) is 15.1. The Balaban J connectivity index is 1.89. The van der Waals surface area contributed by atoms with E-state index in [2.05, 4.69) is 10.2 Å². The molecular weight excluding hydrogens is 320 g/mol. The standard InChI is InChI=1S/C18H24N4O3/c1-3-25-15-11-9-14(10-12-15)22-19-16(18(23)24)17(20-22)21(2)13-7-5-4-6-8-13/h9-13H,3-8H2,1-2H3,(H,23,24). The lowest BCUT2D eigenvalue weighted by molar-refractivity contribution is 0.0690. The molecule has 2 aromatic rings. The van der Waals surface area contributed by atoms with Crippen molar-refractivity contribution in [3.05, 3.63) is 30.0 Å². The van der Waals surface area contributed by atoms with E-state index in [1.54, 1.807) is 0 Å². The summed E-state index contributed by atoms with van der Waals surface area (Å²) in [6.45, 7) is 2.52. The van der Waals surface area contributed by atoms with E-state index >= 15 is 0 Å². The van der Waals surface area contributed by atoms with Crippen molar-refractivity contribution in [1.29, 1.82) is 0 Å². The van der Waals surface area contributed by atoms with E-state index in [-0.39, 0.29) is 5.69 Å². The van der Waals surface area contributed by atoms with Crippen LogP contribution in [0.2, 0.25) is 0 Å². The zero-order valence-corrected chi connectivity index (χ0v) is 14.7. The third-order valence-corrected chi connectivity index (χ3v) is 4.63. The van der Waals surface area contributed by atoms with Gasteiger partial charge in [-0.2, -0.15) is 0 Å². The molecule has 25 heavy (non-hydrogen) atoms. The summed E-state index contributed by atoms with van der Waals surface area (Å²) < 4.78 is 5.43. The van der Waals surface area contributed by atoms with Crippen LogP contribution in [0.25, 0.3) is 5.69 Å². The van der Waals surface area contributed by atoms with E-state index in [0.29, 0.717) is 24.2 Å². The number of rotatable bonds is 6. The van der Waals surface area contributed by atoms with Gasteiger partial charge in [-0.1, -0.05) is 19.3 Å². The highest BCUT2D eigenvalue weighted by Crippen LogP contribution is 2.27. The van der Waals surface area contributed by atoms with E-state index in [1.165, 1.54) is 24.1 Å². The Morgan fingerprint density at radius 3 is 2.52 bits per heavy atom. The molecule has 0 saturated heterocycles. The first-order chi connectivity index (χ1) is 12.1. The lowest BCUT2D eigenvalue weighted by atomic mass is 9.94. The second-order valence-electron chi connectivity index (χ2n) is 6.30. The van der Waals surface area contributed by atoms with Gasteiger partial charge in [0.25, 0.3) is 0 Å². The zero-order chi connectivity index (χ0) is 17.8. The minimum Gasteiger partial charge on any atom is -0.494 e. The minimum absolute atomic E-state index is 0.0121. The average Bonchev–Trinajstić information content (AvgIpc) is 3.08. The quantitative estimate of drug-likeness (QED) is 0.867. The third kappa shape index (κ3) is 3.75. The topological polar surface area (TPSA) is 80.5 Å². The summed E-state index contributed by atoms with van der Waals surface area (Å²) >= 11 is 0. The number of hydrogen-bond donors (Lipinski definition) is 1. The number of carboxylic acids is 1. The molecule has 1 fully saturated rings. The summed E-state index contributed by atoms with van der Waals surface area (Å²) in [5.41, 5.74) is 0.691. The molecule has 7 heteroatoms. The Morgan fingerprint density at radius 2 is 1.92 bits per heavy atom. The summed E-state index contributed by atoms with van der Waals surface area (Å²) in [5.74, 6) is 0.125. The maximum atomic E-state index is 11.6. The Hall–Kier alpha value is -2.57. The summed E-state index contributed by atoms with van der Waals surface area (Å²) in [5, 5.41) is 18.2. The van der Waals surface area contributed by atoms with Crippen LogP contribution in [0.1, 0.15) is 49.5 Å². The molecule has 134 valence electrons. The van der Waals surface area contributed by atoms with Crippen LogP contribution in [0.3, 0.4) is 0 Å². The predicted octanol–water partition coefficient (Wildman–Crippen LogP) is 3.13. The molecule has 1 N–H and O–H groups in total. The van der Waals surface area contributed by atoms with Crippen LogP contribution in [-0.4, -0.2) is 45.8 Å². The molecule has 0 unspecified atom stereocenters. The van der Waals surface area contributed by atoms with E-state index in [0.717, 1.165) is 18.6 Å². The highest BCUT2D eigenvalue weighted by Gasteiger charge is 2.27. The van der Waals surface area contributed by atoms with E-state index < -0.39 is 5.97 Å². The predicted molar refractivity (Wildman–Crippen MR) is 94.8 cm³/mol. The fourth-order valence-electron chi connectivity index (χ4n) is 3.27. The van der Waals surface area contributed by atoms with Crippen LogP contribution in [0, 0.1) is 0 Å². The molecular formula is C18H24N4O3. The second-order valence-corrected chi connectivity index (χ2v) is 6.30. The van der Waals surface area contributed by atoms with Gasteiger partial charge >= 0.3 is 5.97 Å². The Kier molecular flexibility index (Phi) is 5.21. The number of carboxylic acid groups (broad SMARTS) is 1. The Bertz CT molecular complexity index is 720. The molecule has 1 aliphatic carbocycles. The number of aromatic nitrogens is 3. The molecule has 0 spiro atoms. The summed E-state index contributed by atoms with van der Waals surface area (Å²) in [4.78, 5) is 15.0. The first kappa shape index (κ1) is 17.3. The van der Waals surface area contributed by atoms with E-state index in [1.807, 2.05) is 43.1 Å². The number of hydrogen-bond acceptors (Lipinski definition) is 5. The number of nitrogens with zero attached hydrogens (tertiary/aromatic N) is 4. The second kappa shape index (κ2) is 7.55. The molecule has 1 aliphatic rings. The fraction of sp³-hybridized carbons (Fsp3) is 0.500. The van der Waals surface area contributed by atoms with Crippen molar-refractivity contribution in [1.82, 2.24) is 15.0 Å². The average molecular weight is 344 g/mol. The van der Waals surface area contributed by atoms with Gasteiger partial charge in [-0.3, -0.25) is 0 Å². The van der Waals surface area contributed by atoms with Gasteiger partial charge in [0, 0.05) is 13.1 Å². The molecule has 7 nitrogen and oxygen atoms in total. The smallest absolute Gasteiger partial charge is 0.360 e. The van der Waals surface area contributed by atoms with E-state index in [4.69, 9.17) is 4.74 Å². The first-order valence-corrected chi connectivity index (χ1v) is 8.77. The highest BCUT2D eigenvalue weighted by molar-refractivity contribution is 5.91. The van der Waals surface area contributed by atoms with Crippen LogP contribution in [-0.2, 0) is 0 Å². The van der Waals surface area contributed by atoms with Gasteiger partial charge in [0.2, 0.25) is 5.69 Å². The van der Waals surface area contributed by atoms with Crippen molar-refractivity contribution >= 4 is 11.8 Å². The van der Waals surface area contributed by atoms with Crippen LogP contribution in [0.4, 0.5) is 5.82 Å². The van der Waals surface area contributed by atoms with E-state index in [9.17, 15) is 9.90 Å². The van der Waals surface area contributed by atoms with Crippen molar-refractivity contribution < 1.29 is 14.6 Å². The molecule has 0 amide bonds. The van der Waals surface area contributed by atoms with Crippen molar-refractivity contribution in [2.24, 2.45) is 0 Å². The van der Waals surface area contributed by atoms with Crippen LogP contribution in [0.15, 0.2) is 24.3 Å². The molecule has 1 saturated carbocycles. The van der Waals surface area contributed by atoms with Crippen LogP contribution in [0.5, 0.6) is 5.75 Å². The van der Waals surface area contributed by atoms with Gasteiger partial charge in [-0.15, -0.1) is 15.0 Å². The zero-order valence-electron chi connectivity index (χ0n) is 14.7. The molecule has 1 aromatic heterocycles. The minimum atomic E-state index is -1.06. The molecule has 0 radical (unpaired) electrons. The largest absolute Gasteiger partial charge is 0.494 e. The fourth-order valence-corrected chi connectivity index (χ4v) is 3.27. The molecule has 0 atom stereocenters. The number of benzene rings is 1. The maximum absolute atomic E-state index is 11.6. The summed E-state index contributed by atoms with van der Waals surface area (Å²) in [6, 6.07) is 7.61. The Labute approximate surface area is 147 Å². The molecule has 3 rings (SSSR count). The summed E-state index contributed by atoms with van der Waals surface area (Å²) in [7, 11) is 1.91. The number of carbonyl (C=O) groups is 1. The lowest BCUT2D eigenvalue weighted by Gasteiger charge is -2.31. The molecule has 1 heterocycles. The van der Waals surface area contributed by atoms with Gasteiger partial charge < -0.3 is 14.7 Å².